The molecule has 18 heteroatoms. The molecular weight excluding hydrogens is 906 g/mol. The quantitative estimate of drug-likeness (QED) is 0.123. The van der Waals surface area contributed by atoms with Crippen molar-refractivity contribution < 1.29 is 36.3 Å². The number of halogens is 3. The molecule has 2 saturated heterocycles. The van der Waals surface area contributed by atoms with Crippen LogP contribution in [-0.2, 0) is 0 Å². The molecule has 7 rings (SSSR count). The number of nitrogens with one attached hydrogen (secondary N) is 3. The lowest BCUT2D eigenvalue weighted by atomic mass is 10.2. The fraction of sp³-hybridized carbons (Fsp3) is 0.400. The molecule has 0 aliphatic carbocycles. The summed E-state index contributed by atoms with van der Waals surface area (Å²) >= 11 is 0. The van der Waals surface area contributed by atoms with E-state index in [1.807, 2.05) is 18.2 Å². The fourth-order valence-electron chi connectivity index (χ4n) is 6.25. The van der Waals surface area contributed by atoms with Crippen LogP contribution in [0.2, 0.25) is 36.3 Å². The predicted octanol–water partition coefficient (Wildman–Crippen LogP) is 11.4. The van der Waals surface area contributed by atoms with Gasteiger partial charge in [0, 0.05) is 63.7 Å². The van der Waals surface area contributed by atoms with Gasteiger partial charge in [0.05, 0.1) is 12.4 Å². The van der Waals surface area contributed by atoms with Gasteiger partial charge in [-0.15, -0.1) is 0 Å². The van der Waals surface area contributed by atoms with E-state index in [1.54, 1.807) is 47.6 Å². The molecule has 13 nitrogen and oxygen atoms in total. The summed E-state index contributed by atoms with van der Waals surface area (Å²) in [5, 5.41) is 8.85. The third-order valence-corrected chi connectivity index (χ3v) is 21.1. The van der Waals surface area contributed by atoms with E-state index in [0.717, 1.165) is 43.3 Å². The van der Waals surface area contributed by atoms with Gasteiger partial charge in [-0.2, -0.15) is 0 Å². The largest absolute Gasteiger partial charge is 0.542 e. The average Bonchev–Trinajstić information content (AvgIpc) is 3.29. The summed E-state index contributed by atoms with van der Waals surface area (Å²) in [6.07, 6.45) is 2.55. The number of carbonyl (C=O) groups excluding carboxylic acids is 2. The Kier molecular flexibility index (Phi) is 18.1. The molecule has 0 atom stereocenters. The van der Waals surface area contributed by atoms with Crippen LogP contribution in [0.5, 0.6) is 17.2 Å². The smallest absolute Gasteiger partial charge is 0.418 e. The molecular formula is C50H67F3N8O5Si2. The maximum Gasteiger partial charge on any atom is 0.418 e. The fourth-order valence-corrected chi connectivity index (χ4v) is 8.28. The van der Waals surface area contributed by atoms with Gasteiger partial charge < -0.3 is 33.6 Å². The number of carbonyl (C=O) groups is 2. The van der Waals surface area contributed by atoms with E-state index < -0.39 is 28.5 Å². The van der Waals surface area contributed by atoms with Gasteiger partial charge in [0.2, 0.25) is 0 Å². The third-order valence-electron chi connectivity index (χ3n) is 12.4. The number of ether oxygens (including phenoxy) is 1. The number of benzene rings is 3. The number of amides is 3. The van der Waals surface area contributed by atoms with Gasteiger partial charge in [-0.05, 0) is 133 Å². The highest BCUT2D eigenvalue weighted by molar-refractivity contribution is 6.75. The van der Waals surface area contributed by atoms with Crippen LogP contribution >= 0.6 is 0 Å². The Labute approximate surface area is 401 Å². The van der Waals surface area contributed by atoms with E-state index in [9.17, 15) is 22.8 Å². The molecule has 3 N–H and O–H groups in total. The van der Waals surface area contributed by atoms with Crippen LogP contribution in [0.25, 0.3) is 0 Å². The maximum atomic E-state index is 13.1. The van der Waals surface area contributed by atoms with Crippen LogP contribution < -0.4 is 39.3 Å². The van der Waals surface area contributed by atoms with Gasteiger partial charge in [-0.1, -0.05) is 41.5 Å². The molecule has 3 aromatic carbocycles. The van der Waals surface area contributed by atoms with Crippen molar-refractivity contribution >= 4 is 51.8 Å². The second kappa shape index (κ2) is 23.3. The van der Waals surface area contributed by atoms with Crippen molar-refractivity contribution in [2.24, 2.45) is 0 Å². The normalized spacial score (nSPS) is 14.3. The van der Waals surface area contributed by atoms with Crippen LogP contribution in [0.1, 0.15) is 41.5 Å². The van der Waals surface area contributed by atoms with Crippen molar-refractivity contribution in [3.05, 3.63) is 127 Å². The predicted molar refractivity (Wildman–Crippen MR) is 271 cm³/mol. The lowest BCUT2D eigenvalue weighted by molar-refractivity contribution is 0.208. The standard InChI is InChI=1S/C22H31FN4O2Si.C18H23FN2O3Si.C10H13FN2/c1-22(2,3)30(4,5)29-19-10-11-20(24-16-19)25-21(28)27-14-12-26(13-15-27)18-8-6-17(23)7-9-18;1-18(2,3)25(4,5)24-15-10-11-16(20-12-15)21-17(22)23-14-8-6-13(19)7-9-14;11-9-1-3-10(4-2-9)13-7-5-12-6-8-13/h6-11,16H,12-15H2,1-5H3,(H,24,25,28);6-12H,1-5H3,(H,20,21,22);1-4,12H,5-8H2. The zero-order valence-corrected chi connectivity index (χ0v) is 43.0. The summed E-state index contributed by atoms with van der Waals surface area (Å²) in [7, 11) is -3.85. The zero-order chi connectivity index (χ0) is 49.7. The summed E-state index contributed by atoms with van der Waals surface area (Å²) in [4.78, 5) is 39.1. The molecule has 3 amide bonds. The number of hydrogen-bond acceptors (Lipinski definition) is 10. The van der Waals surface area contributed by atoms with Crippen LogP contribution in [-0.4, -0.2) is 96.0 Å². The number of piperazine rings is 2. The molecule has 4 heterocycles. The van der Waals surface area contributed by atoms with Gasteiger partial charge in [-0.3, -0.25) is 10.6 Å². The first-order chi connectivity index (χ1) is 32.0. The highest BCUT2D eigenvalue weighted by Gasteiger charge is 2.40. The third kappa shape index (κ3) is 16.0. The number of aromatic nitrogens is 2. The van der Waals surface area contributed by atoms with E-state index in [1.165, 1.54) is 48.5 Å². The van der Waals surface area contributed by atoms with E-state index in [0.29, 0.717) is 43.6 Å². The molecule has 0 radical (unpaired) electrons. The second-order valence-corrected chi connectivity index (χ2v) is 29.0. The molecule has 68 heavy (non-hydrogen) atoms. The number of hydrogen-bond donors (Lipinski definition) is 3. The highest BCUT2D eigenvalue weighted by atomic mass is 28.4. The minimum atomic E-state index is -1.93. The minimum Gasteiger partial charge on any atom is -0.542 e. The Morgan fingerprint density at radius 2 is 0.926 bits per heavy atom. The van der Waals surface area contributed by atoms with E-state index >= 15 is 0 Å². The molecule has 2 aliphatic heterocycles. The average molecular weight is 973 g/mol. The molecule has 0 bridgehead atoms. The molecule has 2 aromatic heterocycles. The highest BCUT2D eigenvalue weighted by Crippen LogP contribution is 2.38. The van der Waals surface area contributed by atoms with Crippen molar-refractivity contribution in [1.29, 1.82) is 0 Å². The maximum absolute atomic E-state index is 13.1. The monoisotopic (exact) mass is 972 g/mol. The molecule has 5 aromatic rings. The van der Waals surface area contributed by atoms with Crippen molar-refractivity contribution in [2.45, 2.75) is 77.8 Å². The SMILES string of the molecule is CC(C)(C)[Si](C)(C)Oc1ccc(NC(=O)N2CCN(c3ccc(F)cc3)CC2)nc1.CC(C)(C)[Si](C)(C)Oc1ccc(NC(=O)Oc2ccc(F)cc2)nc1.Fc1ccc(N2CCNCC2)cc1. The lowest BCUT2D eigenvalue weighted by Crippen LogP contribution is -2.50. The molecule has 366 valence electrons. The Morgan fingerprint density at radius 3 is 1.32 bits per heavy atom. The Bertz CT molecular complexity index is 2350. The second-order valence-electron chi connectivity index (χ2n) is 19.5. The van der Waals surface area contributed by atoms with Crippen LogP contribution in [0.4, 0.5) is 45.8 Å². The van der Waals surface area contributed by atoms with Crippen LogP contribution in [0, 0.1) is 17.5 Å². The summed E-state index contributed by atoms with van der Waals surface area (Å²) < 4.78 is 55.9. The first-order valence-corrected chi connectivity index (χ1v) is 28.6. The molecule has 2 aliphatic rings. The van der Waals surface area contributed by atoms with Crippen molar-refractivity contribution in [3.63, 3.8) is 0 Å². The van der Waals surface area contributed by atoms with Crippen LogP contribution in [0.15, 0.2) is 109 Å². The molecule has 0 spiro atoms. The Morgan fingerprint density at radius 1 is 0.544 bits per heavy atom. The number of pyridine rings is 2. The zero-order valence-electron chi connectivity index (χ0n) is 41.0. The van der Waals surface area contributed by atoms with Gasteiger partial charge >= 0.3 is 12.1 Å². The summed E-state index contributed by atoms with van der Waals surface area (Å²) in [5.41, 5.74) is 2.08. The molecule has 0 unspecified atom stereocenters. The summed E-state index contributed by atoms with van der Waals surface area (Å²) in [6, 6.07) is 25.2. The number of rotatable bonds is 9. The molecule has 0 saturated carbocycles. The van der Waals surface area contributed by atoms with Crippen molar-refractivity contribution in [3.8, 4) is 17.2 Å². The number of urea groups is 1. The summed E-state index contributed by atoms with van der Waals surface area (Å²) in [6.45, 7) is 28.4. The first-order valence-electron chi connectivity index (χ1n) is 22.8. The minimum absolute atomic E-state index is 0.0862. The van der Waals surface area contributed by atoms with E-state index in [2.05, 4.69) is 103 Å². The Hall–Kier alpha value is -6.12. The molecule has 2 fully saturated rings. The van der Waals surface area contributed by atoms with Gasteiger partial charge in [0.25, 0.3) is 16.6 Å². The van der Waals surface area contributed by atoms with Crippen molar-refractivity contribution in [1.82, 2.24) is 20.2 Å². The van der Waals surface area contributed by atoms with Crippen LogP contribution in [0.3, 0.4) is 0 Å². The van der Waals surface area contributed by atoms with Gasteiger partial charge in [-0.25, -0.2) is 32.7 Å². The van der Waals surface area contributed by atoms with E-state index in [-0.39, 0.29) is 33.5 Å². The summed E-state index contributed by atoms with van der Waals surface area (Å²) in [5.74, 6) is 1.68. The topological polar surface area (TPSA) is 133 Å². The lowest BCUT2D eigenvalue weighted by Gasteiger charge is -2.36. The Balaban J connectivity index is 0.000000204. The van der Waals surface area contributed by atoms with Crippen molar-refractivity contribution in [2.75, 3.05) is 72.8 Å². The van der Waals surface area contributed by atoms with E-state index in [4.69, 9.17) is 13.6 Å². The first kappa shape index (κ1) is 52.8. The number of anilines is 4. The van der Waals surface area contributed by atoms with Gasteiger partial charge in [0.1, 0.15) is 46.3 Å². The number of nitrogens with zero attached hydrogens (tertiary/aromatic N) is 5. The van der Waals surface area contributed by atoms with Gasteiger partial charge in [0.15, 0.2) is 0 Å².